The summed E-state index contributed by atoms with van der Waals surface area (Å²) in [6.45, 7) is 9.20. The molecule has 3 aromatic rings. The molecule has 1 aromatic carbocycles. The molecule has 0 bridgehead atoms. The van der Waals surface area contributed by atoms with Gasteiger partial charge < -0.3 is 9.80 Å². The Bertz CT molecular complexity index is 1130. The SMILES string of the molecule is CC1CCN(Cc2nc(N3CCN(c4ccc(F)cc4)CC3)c3c4c(sc3n2)CCC4)CC1. The van der Waals surface area contributed by atoms with Crippen molar-refractivity contribution in [3.05, 3.63) is 46.3 Å². The van der Waals surface area contributed by atoms with Crippen molar-refractivity contribution in [1.29, 1.82) is 0 Å². The van der Waals surface area contributed by atoms with Crippen molar-refractivity contribution < 1.29 is 4.39 Å². The van der Waals surface area contributed by atoms with Gasteiger partial charge in [-0.05, 0) is 80.9 Å². The molecule has 1 aliphatic carbocycles. The van der Waals surface area contributed by atoms with Gasteiger partial charge in [-0.2, -0.15) is 0 Å². The predicted octanol–water partition coefficient (Wildman–Crippen LogP) is 4.88. The van der Waals surface area contributed by atoms with Crippen LogP contribution in [-0.2, 0) is 19.4 Å². The summed E-state index contributed by atoms with van der Waals surface area (Å²) in [6.07, 6.45) is 6.14. The Hall–Kier alpha value is -2.25. The van der Waals surface area contributed by atoms with E-state index in [1.165, 1.54) is 46.3 Å². The van der Waals surface area contributed by atoms with Crippen molar-refractivity contribution in [3.8, 4) is 0 Å². The van der Waals surface area contributed by atoms with Gasteiger partial charge in [0.1, 0.15) is 22.3 Å². The number of hydrogen-bond donors (Lipinski definition) is 0. The van der Waals surface area contributed by atoms with E-state index in [1.807, 2.05) is 23.5 Å². The van der Waals surface area contributed by atoms with Gasteiger partial charge in [-0.15, -0.1) is 11.3 Å². The van der Waals surface area contributed by atoms with E-state index in [0.29, 0.717) is 0 Å². The molecule has 7 heteroatoms. The smallest absolute Gasteiger partial charge is 0.146 e. The van der Waals surface area contributed by atoms with Crippen LogP contribution in [0.3, 0.4) is 0 Å². The van der Waals surface area contributed by atoms with Crippen LogP contribution in [0.2, 0.25) is 0 Å². The lowest BCUT2D eigenvalue weighted by atomic mass is 9.99. The van der Waals surface area contributed by atoms with E-state index in [1.54, 1.807) is 12.1 Å². The molecule has 2 saturated heterocycles. The van der Waals surface area contributed by atoms with E-state index < -0.39 is 0 Å². The molecule has 4 heterocycles. The second-order valence-electron chi connectivity index (χ2n) is 9.91. The second-order valence-corrected chi connectivity index (χ2v) is 11.0. The Labute approximate surface area is 199 Å². The number of rotatable bonds is 4. The number of anilines is 2. The standard InChI is InChI=1S/C26H32FN5S/c1-18-9-11-30(12-10-18)17-23-28-25(24-21-3-2-4-22(21)33-26(24)29-23)32-15-13-31(14-16-32)20-7-5-19(27)6-8-20/h5-8,18H,2-4,9-17H2,1H3. The molecule has 0 unspecified atom stereocenters. The Morgan fingerprint density at radius 2 is 1.67 bits per heavy atom. The van der Waals surface area contributed by atoms with Gasteiger partial charge in [0.25, 0.3) is 0 Å². The maximum Gasteiger partial charge on any atom is 0.146 e. The first-order valence-electron chi connectivity index (χ1n) is 12.4. The zero-order valence-corrected chi connectivity index (χ0v) is 20.2. The van der Waals surface area contributed by atoms with E-state index in [0.717, 1.165) is 75.5 Å². The minimum Gasteiger partial charge on any atom is -0.368 e. The Balaban J connectivity index is 1.27. The highest BCUT2D eigenvalue weighted by Gasteiger charge is 2.27. The average molecular weight is 466 g/mol. The summed E-state index contributed by atoms with van der Waals surface area (Å²) in [6, 6.07) is 6.88. The molecule has 6 rings (SSSR count). The van der Waals surface area contributed by atoms with E-state index in [9.17, 15) is 4.39 Å². The first-order chi connectivity index (χ1) is 16.1. The molecule has 3 aliphatic rings. The molecule has 0 spiro atoms. The van der Waals surface area contributed by atoms with Crippen LogP contribution in [0.4, 0.5) is 15.9 Å². The van der Waals surface area contributed by atoms with Crippen LogP contribution in [-0.4, -0.2) is 54.1 Å². The van der Waals surface area contributed by atoms with Gasteiger partial charge in [0, 0.05) is 36.7 Å². The van der Waals surface area contributed by atoms with E-state index in [4.69, 9.17) is 9.97 Å². The zero-order chi connectivity index (χ0) is 22.4. The number of piperidine rings is 1. The highest BCUT2D eigenvalue weighted by Crippen LogP contribution is 2.41. The molecule has 2 fully saturated rings. The van der Waals surface area contributed by atoms with Crippen LogP contribution >= 0.6 is 11.3 Å². The summed E-state index contributed by atoms with van der Waals surface area (Å²) in [4.78, 5) is 20.3. The van der Waals surface area contributed by atoms with Crippen molar-refractivity contribution in [2.24, 2.45) is 5.92 Å². The molecule has 2 aliphatic heterocycles. The molecule has 174 valence electrons. The third-order valence-corrected chi connectivity index (χ3v) is 8.79. The number of nitrogens with zero attached hydrogens (tertiary/aromatic N) is 5. The van der Waals surface area contributed by atoms with Crippen molar-refractivity contribution in [2.75, 3.05) is 49.1 Å². The van der Waals surface area contributed by atoms with Gasteiger partial charge in [-0.3, -0.25) is 4.90 Å². The minimum absolute atomic E-state index is 0.178. The number of likely N-dealkylation sites (tertiary alicyclic amines) is 1. The molecule has 0 radical (unpaired) electrons. The minimum atomic E-state index is -0.178. The van der Waals surface area contributed by atoms with E-state index >= 15 is 0 Å². The first kappa shape index (κ1) is 21.3. The largest absolute Gasteiger partial charge is 0.368 e. The van der Waals surface area contributed by atoms with Crippen molar-refractivity contribution in [2.45, 2.75) is 45.6 Å². The third kappa shape index (κ3) is 4.21. The van der Waals surface area contributed by atoms with Gasteiger partial charge in [0.2, 0.25) is 0 Å². The zero-order valence-electron chi connectivity index (χ0n) is 19.4. The summed E-state index contributed by atoms with van der Waals surface area (Å²) >= 11 is 1.90. The molecule has 0 N–H and O–H groups in total. The Morgan fingerprint density at radius 3 is 2.42 bits per heavy atom. The molecule has 0 saturated carbocycles. The molecule has 0 atom stereocenters. The summed E-state index contributed by atoms with van der Waals surface area (Å²) in [5.41, 5.74) is 2.60. The van der Waals surface area contributed by atoms with Crippen LogP contribution in [0.25, 0.3) is 10.2 Å². The number of aromatic nitrogens is 2. The molecular weight excluding hydrogens is 433 g/mol. The Morgan fingerprint density at radius 1 is 0.939 bits per heavy atom. The summed E-state index contributed by atoms with van der Waals surface area (Å²) in [7, 11) is 0. The van der Waals surface area contributed by atoms with E-state index in [-0.39, 0.29) is 5.82 Å². The normalized spacial score (nSPS) is 20.1. The van der Waals surface area contributed by atoms with Gasteiger partial charge in [-0.25, -0.2) is 14.4 Å². The van der Waals surface area contributed by atoms with Gasteiger partial charge in [0.15, 0.2) is 0 Å². The molecule has 0 amide bonds. The van der Waals surface area contributed by atoms with Crippen molar-refractivity contribution in [1.82, 2.24) is 14.9 Å². The number of thiophene rings is 1. The first-order valence-corrected chi connectivity index (χ1v) is 13.2. The number of aryl methyl sites for hydroxylation is 2. The summed E-state index contributed by atoms with van der Waals surface area (Å²) in [5, 5.41) is 1.32. The number of hydrogen-bond acceptors (Lipinski definition) is 6. The highest BCUT2D eigenvalue weighted by atomic mass is 32.1. The number of fused-ring (bicyclic) bond motifs is 3. The lowest BCUT2D eigenvalue weighted by Gasteiger charge is -2.37. The number of piperazine rings is 1. The fourth-order valence-corrected chi connectivity index (χ4v) is 6.84. The fraction of sp³-hybridized carbons (Fsp3) is 0.538. The molecule has 33 heavy (non-hydrogen) atoms. The Kier molecular flexibility index (Phi) is 5.70. The molecule has 2 aromatic heterocycles. The molecular formula is C26H32FN5S. The van der Waals surface area contributed by atoms with Gasteiger partial charge >= 0.3 is 0 Å². The van der Waals surface area contributed by atoms with Crippen LogP contribution in [0, 0.1) is 11.7 Å². The predicted molar refractivity (Wildman–Crippen MR) is 134 cm³/mol. The lowest BCUT2D eigenvalue weighted by molar-refractivity contribution is 0.181. The van der Waals surface area contributed by atoms with Crippen LogP contribution in [0.15, 0.2) is 24.3 Å². The fourth-order valence-electron chi connectivity index (χ4n) is 5.57. The quantitative estimate of drug-likeness (QED) is 0.549. The van der Waals surface area contributed by atoms with Gasteiger partial charge in [0.05, 0.1) is 11.9 Å². The maximum atomic E-state index is 13.3. The average Bonchev–Trinajstić information content (AvgIpc) is 3.42. The number of benzene rings is 1. The second kappa shape index (κ2) is 8.84. The lowest BCUT2D eigenvalue weighted by Crippen LogP contribution is -2.47. The topological polar surface area (TPSA) is 35.5 Å². The summed E-state index contributed by atoms with van der Waals surface area (Å²) in [5.74, 6) is 2.78. The maximum absolute atomic E-state index is 13.3. The highest BCUT2D eigenvalue weighted by molar-refractivity contribution is 7.19. The van der Waals surface area contributed by atoms with E-state index in [2.05, 4.69) is 21.6 Å². The van der Waals surface area contributed by atoms with Crippen LogP contribution < -0.4 is 9.80 Å². The molecule has 5 nitrogen and oxygen atoms in total. The number of halogens is 1. The van der Waals surface area contributed by atoms with Gasteiger partial charge in [-0.1, -0.05) is 6.92 Å². The van der Waals surface area contributed by atoms with Crippen LogP contribution in [0.5, 0.6) is 0 Å². The van der Waals surface area contributed by atoms with Crippen molar-refractivity contribution >= 4 is 33.1 Å². The monoisotopic (exact) mass is 465 g/mol. The summed E-state index contributed by atoms with van der Waals surface area (Å²) < 4.78 is 13.3. The third-order valence-electron chi connectivity index (χ3n) is 7.60. The van der Waals surface area contributed by atoms with Crippen molar-refractivity contribution in [3.63, 3.8) is 0 Å². The van der Waals surface area contributed by atoms with Crippen LogP contribution in [0.1, 0.15) is 42.5 Å².